The molecule has 0 bridgehead atoms. The molecule has 1 aliphatic carbocycles. The number of carbonyl (C=O) groups excluding carboxylic acids is 2. The number of esters is 2. The monoisotopic (exact) mass is 410 g/mol. The summed E-state index contributed by atoms with van der Waals surface area (Å²) in [6.45, 7) is 5.69. The number of hydrogen-bond acceptors (Lipinski definition) is 4. The molecule has 1 fully saturated rings. The highest BCUT2D eigenvalue weighted by Crippen LogP contribution is 2.37. The summed E-state index contributed by atoms with van der Waals surface area (Å²) in [5, 5.41) is 0. The van der Waals surface area contributed by atoms with Crippen molar-refractivity contribution in [3.05, 3.63) is 0 Å². The number of hydrogen-bond donors (Lipinski definition) is 0. The van der Waals surface area contributed by atoms with Crippen LogP contribution in [-0.4, -0.2) is 28.1 Å². The van der Waals surface area contributed by atoms with Crippen molar-refractivity contribution in [2.24, 2.45) is 5.92 Å². The van der Waals surface area contributed by atoms with Crippen LogP contribution in [0.25, 0.3) is 0 Å². The van der Waals surface area contributed by atoms with Crippen molar-refractivity contribution in [3.63, 3.8) is 0 Å². The molecule has 0 saturated heterocycles. The lowest BCUT2D eigenvalue weighted by molar-refractivity contribution is -0.175. The fourth-order valence-electron chi connectivity index (χ4n) is 2.83. The number of carbonyl (C=O) groups is 2. The van der Waals surface area contributed by atoms with Crippen molar-refractivity contribution < 1.29 is 19.1 Å². The zero-order valence-corrected chi connectivity index (χ0v) is 15.5. The Balaban J connectivity index is 2.48. The van der Waals surface area contributed by atoms with Crippen LogP contribution in [0.15, 0.2) is 0 Å². The van der Waals surface area contributed by atoms with E-state index in [1.165, 1.54) is 19.3 Å². The molecule has 1 saturated carbocycles. The average molecular weight is 410 g/mol. The quantitative estimate of drug-likeness (QED) is 0.361. The van der Waals surface area contributed by atoms with Crippen LogP contribution in [0.3, 0.4) is 0 Å². The molecule has 2 unspecified atom stereocenters. The Labute approximate surface area is 141 Å². The molecular formula is C16H27IO4. The van der Waals surface area contributed by atoms with Crippen LogP contribution in [0.1, 0.15) is 65.7 Å². The average Bonchev–Trinajstić information content (AvgIpc) is 2.52. The van der Waals surface area contributed by atoms with Crippen LogP contribution < -0.4 is 0 Å². The van der Waals surface area contributed by atoms with Gasteiger partial charge >= 0.3 is 11.9 Å². The van der Waals surface area contributed by atoms with Crippen LogP contribution >= 0.6 is 22.6 Å². The SMILES string of the molecule is CCC(I)C(=O)OCC(=O)OC(C)(CC)C1CCCCC1. The third-order valence-electron chi connectivity index (χ3n) is 4.46. The molecule has 122 valence electrons. The van der Waals surface area contributed by atoms with E-state index in [1.807, 2.05) is 43.4 Å². The van der Waals surface area contributed by atoms with E-state index in [2.05, 4.69) is 0 Å². The second kappa shape index (κ2) is 8.96. The van der Waals surface area contributed by atoms with E-state index < -0.39 is 11.6 Å². The van der Waals surface area contributed by atoms with Gasteiger partial charge in [0.05, 0.1) is 0 Å². The Morgan fingerprint density at radius 3 is 2.38 bits per heavy atom. The van der Waals surface area contributed by atoms with Crippen LogP contribution in [0.2, 0.25) is 0 Å². The zero-order chi connectivity index (χ0) is 15.9. The predicted molar refractivity (Wildman–Crippen MR) is 90.4 cm³/mol. The fourth-order valence-corrected chi connectivity index (χ4v) is 3.01. The zero-order valence-electron chi connectivity index (χ0n) is 13.3. The summed E-state index contributed by atoms with van der Waals surface area (Å²) in [5.41, 5.74) is -0.432. The van der Waals surface area contributed by atoms with Crippen LogP contribution in [-0.2, 0) is 19.1 Å². The Bertz CT molecular complexity index is 352. The maximum Gasteiger partial charge on any atom is 0.344 e. The maximum absolute atomic E-state index is 12.0. The van der Waals surface area contributed by atoms with E-state index in [0.717, 1.165) is 19.3 Å². The van der Waals surface area contributed by atoms with Gasteiger partial charge in [-0.15, -0.1) is 0 Å². The first kappa shape index (κ1) is 18.7. The molecule has 21 heavy (non-hydrogen) atoms. The molecule has 2 atom stereocenters. The summed E-state index contributed by atoms with van der Waals surface area (Å²) in [4.78, 5) is 23.6. The lowest BCUT2D eigenvalue weighted by Crippen LogP contribution is -2.41. The summed E-state index contributed by atoms with van der Waals surface area (Å²) in [7, 11) is 0. The standard InChI is InChI=1S/C16H27IO4/c1-4-13(17)15(19)20-11-14(18)21-16(3,5-2)12-9-7-6-8-10-12/h12-13H,4-11H2,1-3H3. The Morgan fingerprint density at radius 2 is 1.86 bits per heavy atom. The van der Waals surface area contributed by atoms with Crippen molar-refractivity contribution in [3.8, 4) is 0 Å². The summed E-state index contributed by atoms with van der Waals surface area (Å²) in [6, 6.07) is 0. The molecule has 5 heteroatoms. The first-order valence-electron chi connectivity index (χ1n) is 7.95. The van der Waals surface area contributed by atoms with Crippen LogP contribution in [0.5, 0.6) is 0 Å². The molecular weight excluding hydrogens is 383 g/mol. The minimum Gasteiger partial charge on any atom is -0.457 e. The van der Waals surface area contributed by atoms with Gasteiger partial charge in [0.1, 0.15) is 9.53 Å². The molecule has 1 aliphatic rings. The van der Waals surface area contributed by atoms with Crippen molar-refractivity contribution in [2.75, 3.05) is 6.61 Å². The Kier molecular flexibility index (Phi) is 7.98. The van der Waals surface area contributed by atoms with E-state index in [9.17, 15) is 9.59 Å². The van der Waals surface area contributed by atoms with Gasteiger partial charge in [-0.2, -0.15) is 0 Å². The van der Waals surface area contributed by atoms with Crippen LogP contribution in [0.4, 0.5) is 0 Å². The lowest BCUT2D eigenvalue weighted by Gasteiger charge is -2.38. The second-order valence-corrected chi connectivity index (χ2v) is 7.46. The predicted octanol–water partition coefficient (Wildman–Crippen LogP) is 4.04. The van der Waals surface area contributed by atoms with Gasteiger partial charge in [0, 0.05) is 0 Å². The first-order valence-corrected chi connectivity index (χ1v) is 9.20. The number of rotatable bonds is 7. The van der Waals surface area contributed by atoms with Crippen molar-refractivity contribution in [1.29, 1.82) is 0 Å². The highest BCUT2D eigenvalue weighted by molar-refractivity contribution is 14.1. The maximum atomic E-state index is 12.0. The topological polar surface area (TPSA) is 52.6 Å². The molecule has 4 nitrogen and oxygen atoms in total. The van der Waals surface area contributed by atoms with E-state index in [-0.39, 0.29) is 16.5 Å². The molecule has 0 heterocycles. The Hall–Kier alpha value is -0.330. The van der Waals surface area contributed by atoms with Gasteiger partial charge in [0.2, 0.25) is 0 Å². The van der Waals surface area contributed by atoms with Gasteiger partial charge in [-0.25, -0.2) is 4.79 Å². The first-order chi connectivity index (χ1) is 9.92. The van der Waals surface area contributed by atoms with E-state index in [0.29, 0.717) is 12.3 Å². The van der Waals surface area contributed by atoms with E-state index >= 15 is 0 Å². The molecule has 0 radical (unpaired) electrons. The van der Waals surface area contributed by atoms with Gasteiger partial charge < -0.3 is 9.47 Å². The molecule has 0 aliphatic heterocycles. The highest BCUT2D eigenvalue weighted by Gasteiger charge is 2.37. The van der Waals surface area contributed by atoms with Gasteiger partial charge in [-0.05, 0) is 38.5 Å². The van der Waals surface area contributed by atoms with E-state index in [4.69, 9.17) is 9.47 Å². The molecule has 0 aromatic heterocycles. The Morgan fingerprint density at radius 1 is 1.24 bits per heavy atom. The summed E-state index contributed by atoms with van der Waals surface area (Å²) in [5.74, 6) is -0.354. The van der Waals surface area contributed by atoms with Crippen LogP contribution in [0, 0.1) is 5.92 Å². The van der Waals surface area contributed by atoms with Crippen molar-refractivity contribution in [1.82, 2.24) is 0 Å². The highest BCUT2D eigenvalue weighted by atomic mass is 127. The van der Waals surface area contributed by atoms with E-state index in [1.54, 1.807) is 0 Å². The smallest absolute Gasteiger partial charge is 0.344 e. The summed E-state index contributed by atoms with van der Waals surface area (Å²) < 4.78 is 10.5. The lowest BCUT2D eigenvalue weighted by atomic mass is 9.76. The summed E-state index contributed by atoms with van der Waals surface area (Å²) in [6.07, 6.45) is 7.41. The summed E-state index contributed by atoms with van der Waals surface area (Å²) >= 11 is 2.02. The third-order valence-corrected chi connectivity index (χ3v) is 5.85. The van der Waals surface area contributed by atoms with Gasteiger partial charge in [0.25, 0.3) is 0 Å². The molecule has 0 N–H and O–H groups in total. The van der Waals surface area contributed by atoms with Crippen molar-refractivity contribution >= 4 is 34.5 Å². The fraction of sp³-hybridized carbons (Fsp3) is 0.875. The normalized spacial score (nSPS) is 20.4. The number of ether oxygens (including phenoxy) is 2. The largest absolute Gasteiger partial charge is 0.457 e. The van der Waals surface area contributed by atoms with Gasteiger partial charge in [-0.3, -0.25) is 4.79 Å². The minimum absolute atomic E-state index is 0.202. The minimum atomic E-state index is -0.432. The van der Waals surface area contributed by atoms with Crippen molar-refractivity contribution in [2.45, 2.75) is 75.2 Å². The second-order valence-electron chi connectivity index (χ2n) is 5.96. The molecule has 0 amide bonds. The molecule has 1 rings (SSSR count). The number of alkyl halides is 1. The van der Waals surface area contributed by atoms with Gasteiger partial charge in [0.15, 0.2) is 6.61 Å². The molecule has 0 aromatic rings. The molecule has 0 spiro atoms. The van der Waals surface area contributed by atoms with Gasteiger partial charge in [-0.1, -0.05) is 55.7 Å². The number of halogens is 1. The third kappa shape index (κ3) is 5.75. The molecule has 0 aromatic carbocycles.